The highest BCUT2D eigenvalue weighted by atomic mass is 19.1. The fourth-order valence-electron chi connectivity index (χ4n) is 7.53. The minimum atomic E-state index is -0.313. The summed E-state index contributed by atoms with van der Waals surface area (Å²) in [5.41, 5.74) is 11.0. The van der Waals surface area contributed by atoms with Crippen LogP contribution in [0.3, 0.4) is 0 Å². The Bertz CT molecular complexity index is 2440. The highest BCUT2D eigenvalue weighted by Gasteiger charge is 2.19. The van der Waals surface area contributed by atoms with Crippen LogP contribution in [0.4, 0.5) is 17.6 Å². The van der Waals surface area contributed by atoms with Gasteiger partial charge in [0.2, 0.25) is 0 Å². The Balaban J connectivity index is 1.34. The Morgan fingerprint density at radius 2 is 0.407 bits per heavy atom. The highest BCUT2D eigenvalue weighted by molar-refractivity contribution is 6.22. The molecule has 0 bridgehead atoms. The maximum Gasteiger partial charge on any atom is 0.123 e. The molecular weight excluding hydrogens is 677 g/mol. The normalized spacial score (nSPS) is 11.3. The molecule has 0 aliphatic rings. The second-order valence-electron chi connectivity index (χ2n) is 13.5. The van der Waals surface area contributed by atoms with Crippen molar-refractivity contribution in [3.63, 3.8) is 0 Å². The summed E-state index contributed by atoms with van der Waals surface area (Å²) < 4.78 is 56.3. The quantitative estimate of drug-likeness (QED) is 0.119. The highest BCUT2D eigenvalue weighted by Crippen LogP contribution is 2.46. The molecule has 0 fully saturated rings. The topological polar surface area (TPSA) is 0 Å². The van der Waals surface area contributed by atoms with Gasteiger partial charge < -0.3 is 0 Å². The largest absolute Gasteiger partial charge is 0.207 e. The molecule has 54 heavy (non-hydrogen) atoms. The molecule has 0 amide bonds. The average molecular weight is 707 g/mol. The fourth-order valence-corrected chi connectivity index (χ4v) is 7.53. The van der Waals surface area contributed by atoms with Gasteiger partial charge in [-0.2, -0.15) is 0 Å². The van der Waals surface area contributed by atoms with Crippen molar-refractivity contribution in [1.82, 2.24) is 0 Å². The van der Waals surface area contributed by atoms with Gasteiger partial charge in [0, 0.05) is 0 Å². The standard InChI is InChI=1S/C50H30F4/c51-41-17-9-31(10-18-41)35-25-36(32-11-19-42(52)20-12-32)28-39(27-35)49-45-5-1-2-6-46(45)50(48-8-4-3-7-47(48)49)40-29-37(33-13-21-43(53)22-14-33)26-38(30-40)34-15-23-44(54)24-16-34/h1-30H. The molecule has 0 aromatic heterocycles. The predicted molar refractivity (Wildman–Crippen MR) is 214 cm³/mol. The molecule has 0 atom stereocenters. The van der Waals surface area contributed by atoms with Crippen LogP contribution in [-0.2, 0) is 0 Å². The predicted octanol–water partition coefficient (Wildman–Crippen LogP) is 14.6. The van der Waals surface area contributed by atoms with E-state index in [-0.39, 0.29) is 23.3 Å². The summed E-state index contributed by atoms with van der Waals surface area (Å²) in [7, 11) is 0. The van der Waals surface area contributed by atoms with E-state index < -0.39 is 0 Å². The summed E-state index contributed by atoms with van der Waals surface area (Å²) in [4.78, 5) is 0. The van der Waals surface area contributed by atoms with Crippen LogP contribution < -0.4 is 0 Å². The third kappa shape index (κ3) is 6.22. The first-order valence-electron chi connectivity index (χ1n) is 17.7. The molecule has 0 aliphatic heterocycles. The van der Waals surface area contributed by atoms with Crippen LogP contribution in [0.1, 0.15) is 0 Å². The first-order valence-corrected chi connectivity index (χ1v) is 17.7. The van der Waals surface area contributed by atoms with Gasteiger partial charge in [0.15, 0.2) is 0 Å². The molecule has 4 heteroatoms. The molecule has 9 aromatic carbocycles. The first kappa shape index (κ1) is 33.1. The smallest absolute Gasteiger partial charge is 0.123 e. The molecule has 0 heterocycles. The van der Waals surface area contributed by atoms with E-state index in [0.29, 0.717) is 0 Å². The Hall–Kier alpha value is -6.78. The summed E-state index contributed by atoms with van der Waals surface area (Å²) in [6.07, 6.45) is 0. The molecule has 0 radical (unpaired) electrons. The third-order valence-electron chi connectivity index (χ3n) is 10.1. The maximum atomic E-state index is 14.1. The molecule has 0 saturated carbocycles. The zero-order chi connectivity index (χ0) is 36.8. The van der Waals surface area contributed by atoms with E-state index in [9.17, 15) is 17.6 Å². The summed E-state index contributed by atoms with van der Waals surface area (Å²) in [5, 5.41) is 4.12. The number of fused-ring (bicyclic) bond motifs is 2. The molecule has 9 rings (SSSR count). The van der Waals surface area contributed by atoms with Gasteiger partial charge in [-0.15, -0.1) is 0 Å². The van der Waals surface area contributed by atoms with E-state index in [0.717, 1.165) is 88.3 Å². The van der Waals surface area contributed by atoms with Crippen molar-refractivity contribution in [2.24, 2.45) is 0 Å². The van der Waals surface area contributed by atoms with Gasteiger partial charge in [-0.1, -0.05) is 97.1 Å². The van der Waals surface area contributed by atoms with Gasteiger partial charge >= 0.3 is 0 Å². The molecule has 0 N–H and O–H groups in total. The van der Waals surface area contributed by atoms with Gasteiger partial charge in [-0.25, -0.2) is 17.6 Å². The Morgan fingerprint density at radius 1 is 0.204 bits per heavy atom. The molecule has 0 nitrogen and oxygen atoms in total. The Kier molecular flexibility index (Phi) is 8.36. The Morgan fingerprint density at radius 3 is 0.630 bits per heavy atom. The second kappa shape index (κ2) is 13.6. The van der Waals surface area contributed by atoms with Gasteiger partial charge in [-0.3, -0.25) is 0 Å². The fraction of sp³-hybridized carbons (Fsp3) is 0. The Labute approximate surface area is 310 Å². The number of rotatable bonds is 6. The van der Waals surface area contributed by atoms with Gasteiger partial charge in [0.25, 0.3) is 0 Å². The zero-order valence-electron chi connectivity index (χ0n) is 28.8. The van der Waals surface area contributed by atoms with Crippen LogP contribution >= 0.6 is 0 Å². The molecule has 0 spiro atoms. The van der Waals surface area contributed by atoms with Gasteiger partial charge in [0.1, 0.15) is 23.3 Å². The van der Waals surface area contributed by atoms with E-state index >= 15 is 0 Å². The van der Waals surface area contributed by atoms with E-state index in [1.54, 1.807) is 48.5 Å². The number of hydrogen-bond donors (Lipinski definition) is 0. The van der Waals surface area contributed by atoms with E-state index in [1.165, 1.54) is 48.5 Å². The summed E-state index contributed by atoms with van der Waals surface area (Å²) in [6.45, 7) is 0. The lowest BCUT2D eigenvalue weighted by molar-refractivity contribution is 0.627. The van der Waals surface area contributed by atoms with Crippen molar-refractivity contribution in [3.05, 3.63) is 205 Å². The third-order valence-corrected chi connectivity index (χ3v) is 10.1. The van der Waals surface area contributed by atoms with Crippen LogP contribution in [0.25, 0.3) is 88.3 Å². The average Bonchev–Trinajstić information content (AvgIpc) is 3.20. The van der Waals surface area contributed by atoms with E-state index in [2.05, 4.69) is 60.7 Å². The lowest BCUT2D eigenvalue weighted by Gasteiger charge is -2.20. The number of hydrogen-bond acceptors (Lipinski definition) is 0. The minimum Gasteiger partial charge on any atom is -0.207 e. The maximum absolute atomic E-state index is 14.1. The SMILES string of the molecule is Fc1ccc(-c2cc(-c3ccc(F)cc3)cc(-c3c4ccccc4c(-c4cc(-c5ccc(F)cc5)cc(-c5ccc(F)cc5)c4)c4ccccc34)c2)cc1. The van der Waals surface area contributed by atoms with Crippen LogP contribution in [0.5, 0.6) is 0 Å². The van der Waals surface area contributed by atoms with Crippen LogP contribution in [-0.4, -0.2) is 0 Å². The zero-order valence-corrected chi connectivity index (χ0v) is 28.8. The van der Waals surface area contributed by atoms with E-state index in [1.807, 2.05) is 24.3 Å². The molecule has 0 saturated heterocycles. The van der Waals surface area contributed by atoms with Crippen molar-refractivity contribution in [1.29, 1.82) is 0 Å². The molecular formula is C50H30F4. The lowest BCUT2D eigenvalue weighted by Crippen LogP contribution is -1.93. The van der Waals surface area contributed by atoms with Crippen molar-refractivity contribution < 1.29 is 17.6 Å². The first-order chi connectivity index (χ1) is 26.4. The lowest BCUT2D eigenvalue weighted by atomic mass is 9.83. The van der Waals surface area contributed by atoms with Crippen molar-refractivity contribution in [3.8, 4) is 66.8 Å². The molecule has 0 aliphatic carbocycles. The summed E-state index contributed by atoms with van der Waals surface area (Å²) in [6, 6.07) is 55.2. The summed E-state index contributed by atoms with van der Waals surface area (Å²) >= 11 is 0. The van der Waals surface area contributed by atoms with Gasteiger partial charge in [0.05, 0.1) is 0 Å². The monoisotopic (exact) mass is 706 g/mol. The van der Waals surface area contributed by atoms with Crippen molar-refractivity contribution >= 4 is 21.5 Å². The van der Waals surface area contributed by atoms with Crippen LogP contribution in [0.15, 0.2) is 182 Å². The molecule has 0 unspecified atom stereocenters. The molecule has 258 valence electrons. The molecule has 9 aromatic rings. The van der Waals surface area contributed by atoms with Crippen LogP contribution in [0.2, 0.25) is 0 Å². The second-order valence-corrected chi connectivity index (χ2v) is 13.5. The minimum absolute atomic E-state index is 0.313. The van der Waals surface area contributed by atoms with Crippen LogP contribution in [0, 0.1) is 23.3 Å². The van der Waals surface area contributed by atoms with Crippen molar-refractivity contribution in [2.45, 2.75) is 0 Å². The van der Waals surface area contributed by atoms with Crippen molar-refractivity contribution in [2.75, 3.05) is 0 Å². The van der Waals surface area contributed by atoms with E-state index in [4.69, 9.17) is 0 Å². The number of benzene rings is 9. The number of halogens is 4. The summed E-state index contributed by atoms with van der Waals surface area (Å²) in [5.74, 6) is -1.25. The van der Waals surface area contributed by atoms with Gasteiger partial charge in [-0.05, 0) is 173 Å².